The van der Waals surface area contributed by atoms with Gasteiger partial charge in [0.2, 0.25) is 6.29 Å². The summed E-state index contributed by atoms with van der Waals surface area (Å²) in [4.78, 5) is 9.70. The van der Waals surface area contributed by atoms with Gasteiger partial charge in [-0.25, -0.2) is 4.89 Å². The Morgan fingerprint density at radius 3 is 3.00 bits per heavy atom. The molecule has 3 heteroatoms. The maximum absolute atomic E-state index is 5.58. The van der Waals surface area contributed by atoms with Crippen molar-refractivity contribution >= 4 is 10.8 Å². The molecule has 1 fully saturated rings. The van der Waals surface area contributed by atoms with Crippen molar-refractivity contribution in [3.63, 3.8) is 0 Å². The van der Waals surface area contributed by atoms with Gasteiger partial charge < -0.3 is 4.74 Å². The van der Waals surface area contributed by atoms with Crippen LogP contribution in [-0.4, -0.2) is 12.9 Å². The van der Waals surface area contributed by atoms with Gasteiger partial charge in [0.25, 0.3) is 0 Å². The van der Waals surface area contributed by atoms with Gasteiger partial charge in [0, 0.05) is 12.5 Å². The van der Waals surface area contributed by atoms with Gasteiger partial charge in [-0.15, -0.1) is 0 Å². The summed E-state index contributed by atoms with van der Waals surface area (Å²) in [5.41, 5.74) is 0. The van der Waals surface area contributed by atoms with Crippen LogP contribution in [0.5, 0.6) is 5.75 Å². The van der Waals surface area contributed by atoms with Gasteiger partial charge in [-0.1, -0.05) is 30.3 Å². The fourth-order valence-electron chi connectivity index (χ4n) is 1.70. The highest BCUT2D eigenvalue weighted by atomic mass is 17.2. The van der Waals surface area contributed by atoms with Crippen LogP contribution >= 0.6 is 0 Å². The molecule has 2 aromatic rings. The minimum Gasteiger partial charge on any atom is -0.461 e. The molecule has 1 saturated heterocycles. The standard InChI is InChI=1S/C13H11O3/c1-2-4-11-9-12(6-5-10(11)3-1)15-13-7-8-14-16-13/h1-6,13H,7-8H2. The van der Waals surface area contributed by atoms with E-state index in [1.165, 1.54) is 0 Å². The third kappa shape index (κ3) is 1.87. The summed E-state index contributed by atoms with van der Waals surface area (Å²) in [7, 11) is 0. The van der Waals surface area contributed by atoms with Crippen LogP contribution in [0.15, 0.2) is 36.4 Å². The van der Waals surface area contributed by atoms with Gasteiger partial charge in [-0.3, -0.25) is 0 Å². The third-order valence-corrected chi connectivity index (χ3v) is 2.50. The molecule has 3 rings (SSSR count). The van der Waals surface area contributed by atoms with Gasteiger partial charge in [0.1, 0.15) is 5.75 Å². The Balaban J connectivity index is 1.86. The summed E-state index contributed by atoms with van der Waals surface area (Å²) in [5.74, 6) is 0.689. The molecule has 1 atom stereocenters. The van der Waals surface area contributed by atoms with Crippen molar-refractivity contribution in [1.29, 1.82) is 0 Å². The molecular formula is C13H11O3. The molecule has 0 amide bonds. The molecule has 16 heavy (non-hydrogen) atoms. The van der Waals surface area contributed by atoms with Crippen LogP contribution in [-0.2, 0) is 9.78 Å². The van der Waals surface area contributed by atoms with E-state index in [4.69, 9.17) is 14.5 Å². The number of rotatable bonds is 2. The second-order valence-electron chi connectivity index (χ2n) is 3.66. The van der Waals surface area contributed by atoms with Crippen LogP contribution < -0.4 is 4.74 Å². The number of benzene rings is 2. The molecule has 81 valence electrons. The smallest absolute Gasteiger partial charge is 0.233 e. The maximum Gasteiger partial charge on any atom is 0.233 e. The number of hydrogen-bond acceptors (Lipinski definition) is 3. The fourth-order valence-corrected chi connectivity index (χ4v) is 1.70. The average molecular weight is 215 g/mol. The van der Waals surface area contributed by atoms with Crippen LogP contribution in [0.4, 0.5) is 0 Å². The predicted octanol–water partition coefficient (Wildman–Crippen LogP) is 2.70. The lowest BCUT2D eigenvalue weighted by Crippen LogP contribution is -2.13. The van der Waals surface area contributed by atoms with E-state index in [1.807, 2.05) is 36.4 Å². The van der Waals surface area contributed by atoms with E-state index in [1.54, 1.807) is 0 Å². The van der Waals surface area contributed by atoms with E-state index in [9.17, 15) is 0 Å². The second-order valence-corrected chi connectivity index (χ2v) is 3.66. The molecule has 0 aromatic heterocycles. The van der Waals surface area contributed by atoms with Gasteiger partial charge in [-0.2, -0.15) is 4.89 Å². The van der Waals surface area contributed by atoms with Crippen molar-refractivity contribution in [1.82, 2.24) is 0 Å². The monoisotopic (exact) mass is 215 g/mol. The largest absolute Gasteiger partial charge is 0.461 e. The van der Waals surface area contributed by atoms with E-state index >= 15 is 0 Å². The topological polar surface area (TPSA) is 27.7 Å². The molecule has 1 unspecified atom stereocenters. The normalized spacial score (nSPS) is 20.1. The molecule has 0 N–H and O–H groups in total. The Morgan fingerprint density at radius 2 is 2.12 bits per heavy atom. The van der Waals surface area contributed by atoms with Crippen molar-refractivity contribution in [2.75, 3.05) is 6.61 Å². The molecule has 1 radical (unpaired) electrons. The zero-order valence-electron chi connectivity index (χ0n) is 8.68. The summed E-state index contributed by atoms with van der Waals surface area (Å²) in [6.07, 6.45) is 0.443. The fraction of sp³-hybridized carbons (Fsp3) is 0.231. The maximum atomic E-state index is 5.58. The molecule has 0 bridgehead atoms. The van der Waals surface area contributed by atoms with Crippen molar-refractivity contribution < 1.29 is 14.5 Å². The summed E-state index contributed by atoms with van der Waals surface area (Å²) < 4.78 is 5.58. The number of fused-ring (bicyclic) bond motifs is 1. The Kier molecular flexibility index (Phi) is 2.48. The molecule has 0 saturated carbocycles. The van der Waals surface area contributed by atoms with E-state index in [0.29, 0.717) is 12.4 Å². The summed E-state index contributed by atoms with van der Waals surface area (Å²) in [5, 5.41) is 2.19. The minimum atomic E-state index is -0.308. The Labute approximate surface area is 93.5 Å². The summed E-state index contributed by atoms with van der Waals surface area (Å²) in [6, 6.07) is 15.1. The zero-order valence-corrected chi connectivity index (χ0v) is 8.68. The molecule has 3 nitrogen and oxygen atoms in total. The SMILES string of the molecule is [c]1c(OC2CCOO2)ccc2ccccc12. The van der Waals surface area contributed by atoms with Crippen LogP contribution in [0.1, 0.15) is 6.42 Å². The van der Waals surface area contributed by atoms with E-state index in [0.717, 1.165) is 17.2 Å². The van der Waals surface area contributed by atoms with Gasteiger partial charge in [-0.05, 0) is 16.8 Å². The van der Waals surface area contributed by atoms with Crippen molar-refractivity contribution in [2.24, 2.45) is 0 Å². The minimum absolute atomic E-state index is 0.308. The molecular weight excluding hydrogens is 204 g/mol. The lowest BCUT2D eigenvalue weighted by Gasteiger charge is -2.10. The first kappa shape index (κ1) is 9.63. The lowest BCUT2D eigenvalue weighted by molar-refractivity contribution is -0.310. The third-order valence-electron chi connectivity index (χ3n) is 2.50. The summed E-state index contributed by atoms with van der Waals surface area (Å²) in [6.45, 7) is 0.582. The first-order chi connectivity index (χ1) is 7.92. The highest BCUT2D eigenvalue weighted by molar-refractivity contribution is 5.83. The second kappa shape index (κ2) is 4.12. The highest BCUT2D eigenvalue weighted by Crippen LogP contribution is 2.22. The Morgan fingerprint density at radius 1 is 1.19 bits per heavy atom. The average Bonchev–Trinajstić information content (AvgIpc) is 2.82. The quantitative estimate of drug-likeness (QED) is 0.721. The van der Waals surface area contributed by atoms with Gasteiger partial charge >= 0.3 is 0 Å². The molecule has 2 aromatic carbocycles. The van der Waals surface area contributed by atoms with E-state index in [-0.39, 0.29) is 6.29 Å². The highest BCUT2D eigenvalue weighted by Gasteiger charge is 2.18. The van der Waals surface area contributed by atoms with Crippen LogP contribution in [0.2, 0.25) is 0 Å². The van der Waals surface area contributed by atoms with Crippen molar-refractivity contribution in [2.45, 2.75) is 12.7 Å². The van der Waals surface area contributed by atoms with Crippen molar-refractivity contribution in [3.05, 3.63) is 42.5 Å². The van der Waals surface area contributed by atoms with Gasteiger partial charge in [0.05, 0.1) is 6.61 Å². The van der Waals surface area contributed by atoms with Crippen LogP contribution in [0, 0.1) is 6.07 Å². The first-order valence-corrected chi connectivity index (χ1v) is 5.28. The molecule has 0 spiro atoms. The number of ether oxygens (including phenoxy) is 1. The predicted molar refractivity (Wildman–Crippen MR) is 58.9 cm³/mol. The number of hydrogen-bond donors (Lipinski definition) is 0. The Bertz CT molecular complexity index is 489. The molecule has 1 heterocycles. The molecule has 1 aliphatic rings. The van der Waals surface area contributed by atoms with E-state index in [2.05, 4.69) is 6.07 Å². The zero-order chi connectivity index (χ0) is 10.8. The van der Waals surface area contributed by atoms with Gasteiger partial charge in [0.15, 0.2) is 0 Å². The van der Waals surface area contributed by atoms with E-state index < -0.39 is 0 Å². The van der Waals surface area contributed by atoms with Crippen LogP contribution in [0.25, 0.3) is 10.8 Å². The summed E-state index contributed by atoms with van der Waals surface area (Å²) >= 11 is 0. The molecule has 0 aliphatic carbocycles. The van der Waals surface area contributed by atoms with Crippen molar-refractivity contribution in [3.8, 4) is 5.75 Å². The Hall–Kier alpha value is -1.58. The van der Waals surface area contributed by atoms with Crippen LogP contribution in [0.3, 0.4) is 0 Å². The first-order valence-electron chi connectivity index (χ1n) is 5.28. The lowest BCUT2D eigenvalue weighted by atomic mass is 10.1. The molecule has 1 aliphatic heterocycles.